The molecule has 158 valence electrons. The van der Waals surface area contributed by atoms with Crippen LogP contribution in [0.1, 0.15) is 11.1 Å². The van der Waals surface area contributed by atoms with Gasteiger partial charge in [0.15, 0.2) is 0 Å². The van der Waals surface area contributed by atoms with Crippen LogP contribution in [-0.4, -0.2) is 46.6 Å². The van der Waals surface area contributed by atoms with Crippen molar-refractivity contribution >= 4 is 43.1 Å². The second-order valence-electron chi connectivity index (χ2n) is 6.12. The summed E-state index contributed by atoms with van der Waals surface area (Å²) in [5.41, 5.74) is 2.84. The van der Waals surface area contributed by atoms with Crippen LogP contribution in [0.25, 0.3) is 12.2 Å². The first-order valence-electron chi connectivity index (χ1n) is 9.13. The van der Waals surface area contributed by atoms with E-state index < -0.39 is 0 Å². The summed E-state index contributed by atoms with van der Waals surface area (Å²) in [5, 5.41) is 22.0. The normalized spacial score (nSPS) is 12.6. The summed E-state index contributed by atoms with van der Waals surface area (Å²) in [7, 11) is 0. The maximum absolute atomic E-state index is 9.31. The predicted octanol–water partition coefficient (Wildman–Crippen LogP) is 3.20. The summed E-state index contributed by atoms with van der Waals surface area (Å²) < 4.78 is 8.22. The third kappa shape index (κ3) is 10.9. The van der Waals surface area contributed by atoms with Gasteiger partial charge >= 0.3 is 22.4 Å². The van der Waals surface area contributed by atoms with Crippen LogP contribution in [0.4, 0.5) is 0 Å². The minimum absolute atomic E-state index is 0.0819. The van der Waals surface area contributed by atoms with Crippen molar-refractivity contribution in [1.29, 1.82) is 0 Å². The van der Waals surface area contributed by atoms with Gasteiger partial charge < -0.3 is 40.8 Å². The van der Waals surface area contributed by atoms with Gasteiger partial charge in [0.2, 0.25) is 0 Å². The van der Waals surface area contributed by atoms with Crippen LogP contribution < -0.4 is 5.32 Å². The Balaban J connectivity index is 0.00000218. The van der Waals surface area contributed by atoms with E-state index in [1.54, 1.807) is 24.3 Å². The van der Waals surface area contributed by atoms with Crippen molar-refractivity contribution in [3.8, 4) is 11.5 Å². The summed E-state index contributed by atoms with van der Waals surface area (Å²) in [4.78, 5) is 4.54. The molecule has 0 heterocycles. The third-order valence-electron chi connectivity index (χ3n) is 3.94. The molecule has 0 spiro atoms. The van der Waals surface area contributed by atoms with E-state index in [1.165, 1.54) is 0 Å². The molecule has 0 radical (unpaired) electrons. The Kier molecular flexibility index (Phi) is 14.1. The Hall–Kier alpha value is -1.70. The molecule has 0 aliphatic heterocycles. The van der Waals surface area contributed by atoms with Crippen molar-refractivity contribution in [1.82, 2.24) is 5.32 Å². The zero-order valence-electron chi connectivity index (χ0n) is 16.3. The molecular weight excluding hydrogens is 502 g/mol. The fourth-order valence-electron chi connectivity index (χ4n) is 2.37. The van der Waals surface area contributed by atoms with E-state index in [9.17, 15) is 10.2 Å². The molecule has 2 aromatic carbocycles. The summed E-state index contributed by atoms with van der Waals surface area (Å²) in [6.07, 6.45) is 7.86. The molecule has 2 rings (SSSR count). The van der Waals surface area contributed by atoms with Gasteiger partial charge in [0.05, 0.1) is 6.54 Å². The molecule has 0 aliphatic rings. The van der Waals surface area contributed by atoms with E-state index >= 15 is 0 Å². The molecule has 0 saturated heterocycles. The van der Waals surface area contributed by atoms with Gasteiger partial charge in [-0.05, 0) is 41.5 Å². The van der Waals surface area contributed by atoms with Gasteiger partial charge in [0.25, 0.3) is 0 Å². The van der Waals surface area contributed by atoms with Crippen LogP contribution in [0.15, 0.2) is 65.7 Å². The number of allylic oxidation sites excluding steroid dienone is 1. The van der Waals surface area contributed by atoms with Gasteiger partial charge in [0.1, 0.15) is 11.5 Å². The second-order valence-corrected chi connectivity index (χ2v) is 6.74. The molecule has 30 heavy (non-hydrogen) atoms. The van der Waals surface area contributed by atoms with Gasteiger partial charge in [-0.3, -0.25) is 4.99 Å². The minimum atomic E-state index is 0.0819. The molecule has 8 heteroatoms. The predicted molar refractivity (Wildman–Crippen MR) is 124 cm³/mol. The van der Waals surface area contributed by atoms with Gasteiger partial charge in [-0.1, -0.05) is 42.5 Å². The number of benzene rings is 2. The van der Waals surface area contributed by atoms with Crippen LogP contribution in [0.5, 0.6) is 11.5 Å². The Morgan fingerprint density at radius 3 is 2.00 bits per heavy atom. The number of nitrogens with one attached hydrogen (secondary N) is 1. The summed E-state index contributed by atoms with van der Waals surface area (Å²) >= 11 is 11.3. The number of hydrogen-bond acceptors (Lipinski definition) is 7. The molecule has 0 bridgehead atoms. The summed E-state index contributed by atoms with van der Waals surface area (Å²) in [6.45, 7) is 1.32. The zero-order chi connectivity index (χ0) is 22.2. The average molecular weight is 527 g/mol. The SMILES string of the molecule is Oc1ccc(/C=C/C(C[S-])=NCCNC(/C=C/c2ccc(O)cc2)C[S-])cc1.[O]=[Tc+3]. The molecule has 0 saturated carbocycles. The average Bonchev–Trinajstić information content (AvgIpc) is 2.79. The number of phenols is 2. The fraction of sp³-hybridized carbons (Fsp3) is 0.227. The standard InChI is InChI=1S/C22H26N2O2S2.O.Tc/c25-21-9-3-17(4-10-21)1-7-19(15-27)23-13-14-24-20(16-28)8-2-18-5-11-22(26)12-6-18;;/h1-12,19,23,25-28H,13-16H2;;/q;;+3/p-2/b7-1+,8-2+,24-20?;;. The van der Waals surface area contributed by atoms with Gasteiger partial charge in [-0.25, -0.2) is 0 Å². The monoisotopic (exact) mass is 525 g/mol. The van der Waals surface area contributed by atoms with Crippen molar-refractivity contribution < 1.29 is 32.6 Å². The van der Waals surface area contributed by atoms with E-state index in [4.69, 9.17) is 28.8 Å². The Morgan fingerprint density at radius 2 is 1.50 bits per heavy atom. The summed E-state index contributed by atoms with van der Waals surface area (Å²) in [6, 6.07) is 14.1. The molecule has 1 atom stereocenters. The molecule has 0 amide bonds. The van der Waals surface area contributed by atoms with E-state index in [2.05, 4.69) is 10.3 Å². The first-order chi connectivity index (χ1) is 14.6. The van der Waals surface area contributed by atoms with Crippen LogP contribution in [-0.2, 0) is 47.6 Å². The van der Waals surface area contributed by atoms with Crippen molar-refractivity contribution in [2.75, 3.05) is 24.6 Å². The maximum atomic E-state index is 9.31. The van der Waals surface area contributed by atoms with E-state index in [0.717, 1.165) is 35.7 Å². The van der Waals surface area contributed by atoms with Crippen molar-refractivity contribution in [3.05, 3.63) is 71.8 Å². The summed E-state index contributed by atoms with van der Waals surface area (Å²) in [5.74, 6) is 1.51. The molecule has 0 aromatic heterocycles. The van der Waals surface area contributed by atoms with Gasteiger partial charge in [-0.2, -0.15) is 5.75 Å². The van der Waals surface area contributed by atoms with Crippen LogP contribution in [0.3, 0.4) is 0 Å². The van der Waals surface area contributed by atoms with Crippen molar-refractivity contribution in [2.24, 2.45) is 4.99 Å². The number of aliphatic imine (C=N–C) groups is 1. The molecule has 3 N–H and O–H groups in total. The molecule has 0 aliphatic carbocycles. The molecule has 1 unspecified atom stereocenters. The van der Waals surface area contributed by atoms with E-state index in [0.29, 0.717) is 24.6 Å². The van der Waals surface area contributed by atoms with E-state index in [1.807, 2.05) is 48.6 Å². The zero-order valence-corrected chi connectivity index (χ0v) is 19.8. The molecule has 0 fully saturated rings. The number of phenolic OH excluding ortho intramolecular Hbond substituents is 2. The van der Waals surface area contributed by atoms with Crippen molar-refractivity contribution in [2.45, 2.75) is 6.04 Å². The number of aromatic hydroxyl groups is 2. The Labute approximate surface area is 199 Å². The number of rotatable bonds is 10. The first-order valence-corrected chi connectivity index (χ1v) is 11.0. The van der Waals surface area contributed by atoms with Gasteiger partial charge in [0, 0.05) is 18.3 Å². The van der Waals surface area contributed by atoms with Crippen molar-refractivity contribution in [3.63, 3.8) is 0 Å². The van der Waals surface area contributed by atoms with E-state index in [-0.39, 0.29) is 17.5 Å². The molecule has 2 aromatic rings. The second kappa shape index (κ2) is 16.0. The number of hydrogen-bond donors (Lipinski definition) is 3. The Morgan fingerprint density at radius 1 is 0.967 bits per heavy atom. The Bertz CT molecular complexity index is 825. The number of nitrogens with zero attached hydrogens (tertiary/aromatic N) is 1. The molecule has 5 nitrogen and oxygen atoms in total. The van der Waals surface area contributed by atoms with Gasteiger partial charge in [-0.15, -0.1) is 5.75 Å². The first kappa shape index (κ1) is 26.3. The van der Waals surface area contributed by atoms with Crippen LogP contribution >= 0.6 is 0 Å². The van der Waals surface area contributed by atoms with Crippen LogP contribution in [0, 0.1) is 0 Å². The van der Waals surface area contributed by atoms with Crippen LogP contribution in [0.2, 0.25) is 0 Å². The third-order valence-corrected chi connectivity index (χ3v) is 4.59. The molecular formula is C22H24N2O3S2Tc+. The fourth-order valence-corrected chi connectivity index (χ4v) is 2.79. The quantitative estimate of drug-likeness (QED) is 0.251. The topological polar surface area (TPSA) is 81.9 Å².